The fourth-order valence-corrected chi connectivity index (χ4v) is 2.38. The van der Waals surface area contributed by atoms with Crippen molar-refractivity contribution in [3.63, 3.8) is 0 Å². The van der Waals surface area contributed by atoms with Gasteiger partial charge in [-0.25, -0.2) is 13.6 Å². The molecule has 2 atom stereocenters. The maximum Gasteiger partial charge on any atom is 0.354 e. The molecule has 0 amide bonds. The van der Waals surface area contributed by atoms with Gasteiger partial charge in [0.25, 0.3) is 5.92 Å². The first-order chi connectivity index (χ1) is 9.12. The van der Waals surface area contributed by atoms with Gasteiger partial charge in [0.1, 0.15) is 11.4 Å². The SMILES string of the molecule is Cc1c(C(C)(F)F)nn(CC2CC2C(F)F)c1C(=O)O. The van der Waals surface area contributed by atoms with Crippen LogP contribution in [-0.2, 0) is 12.5 Å². The normalized spacial score (nSPS) is 22.4. The van der Waals surface area contributed by atoms with E-state index in [1.54, 1.807) is 0 Å². The standard InChI is InChI=1S/C12H14F4N2O2/c1-5-8(11(19)20)18(17-9(5)12(2,15)16)4-6-3-7(6)10(13)14/h6-7,10H,3-4H2,1-2H3,(H,19,20). The zero-order chi connectivity index (χ0) is 15.2. The van der Waals surface area contributed by atoms with Crippen LogP contribution in [0.2, 0.25) is 0 Å². The highest BCUT2D eigenvalue weighted by Crippen LogP contribution is 2.44. The summed E-state index contributed by atoms with van der Waals surface area (Å²) in [5.41, 5.74) is -1.11. The van der Waals surface area contributed by atoms with Crippen LogP contribution < -0.4 is 0 Å². The summed E-state index contributed by atoms with van der Waals surface area (Å²) < 4.78 is 52.5. The van der Waals surface area contributed by atoms with E-state index in [1.807, 2.05) is 0 Å². The molecule has 0 spiro atoms. The second kappa shape index (κ2) is 4.75. The van der Waals surface area contributed by atoms with Gasteiger partial charge in [0.05, 0.1) is 0 Å². The number of hydrogen-bond acceptors (Lipinski definition) is 2. The minimum Gasteiger partial charge on any atom is -0.477 e. The van der Waals surface area contributed by atoms with E-state index in [9.17, 15) is 22.4 Å². The van der Waals surface area contributed by atoms with Crippen LogP contribution in [0.5, 0.6) is 0 Å². The van der Waals surface area contributed by atoms with Crippen molar-refractivity contribution in [3.05, 3.63) is 17.0 Å². The molecule has 0 aromatic carbocycles. The van der Waals surface area contributed by atoms with Crippen molar-refractivity contribution in [1.29, 1.82) is 0 Å². The summed E-state index contributed by atoms with van der Waals surface area (Å²) in [6.45, 7) is 1.79. The summed E-state index contributed by atoms with van der Waals surface area (Å²) in [7, 11) is 0. The zero-order valence-corrected chi connectivity index (χ0v) is 10.9. The van der Waals surface area contributed by atoms with Crippen molar-refractivity contribution in [2.45, 2.75) is 39.2 Å². The second-order valence-electron chi connectivity index (χ2n) is 5.19. The highest BCUT2D eigenvalue weighted by Gasteiger charge is 2.45. The first kappa shape index (κ1) is 14.8. The van der Waals surface area contributed by atoms with Gasteiger partial charge >= 0.3 is 5.97 Å². The van der Waals surface area contributed by atoms with Gasteiger partial charge in [0.2, 0.25) is 6.43 Å². The van der Waals surface area contributed by atoms with Crippen LogP contribution in [0.1, 0.15) is 35.1 Å². The van der Waals surface area contributed by atoms with Gasteiger partial charge in [0.15, 0.2) is 0 Å². The Morgan fingerprint density at radius 1 is 1.55 bits per heavy atom. The number of aromatic carboxylic acids is 1. The van der Waals surface area contributed by atoms with Crippen molar-refractivity contribution < 1.29 is 27.5 Å². The van der Waals surface area contributed by atoms with Crippen LogP contribution in [0.3, 0.4) is 0 Å². The molecule has 2 rings (SSSR count). The van der Waals surface area contributed by atoms with E-state index in [4.69, 9.17) is 5.11 Å². The Hall–Kier alpha value is -1.60. The number of hydrogen-bond donors (Lipinski definition) is 1. The van der Waals surface area contributed by atoms with Crippen molar-refractivity contribution in [3.8, 4) is 0 Å². The lowest BCUT2D eigenvalue weighted by atomic mass is 10.1. The lowest BCUT2D eigenvalue weighted by molar-refractivity contribution is 0.0114. The average molecular weight is 294 g/mol. The summed E-state index contributed by atoms with van der Waals surface area (Å²) in [5.74, 6) is -5.87. The molecule has 1 heterocycles. The molecule has 8 heteroatoms. The molecule has 1 fully saturated rings. The summed E-state index contributed by atoms with van der Waals surface area (Å²) in [6, 6.07) is 0. The van der Waals surface area contributed by atoms with Crippen LogP contribution in [0.25, 0.3) is 0 Å². The van der Waals surface area contributed by atoms with E-state index in [0.29, 0.717) is 6.92 Å². The van der Waals surface area contributed by atoms with Crippen molar-refractivity contribution >= 4 is 5.97 Å². The quantitative estimate of drug-likeness (QED) is 0.850. The molecule has 1 aromatic rings. The summed E-state index contributed by atoms with van der Waals surface area (Å²) >= 11 is 0. The maximum absolute atomic E-state index is 13.3. The third kappa shape index (κ3) is 2.64. The third-order valence-corrected chi connectivity index (χ3v) is 3.52. The van der Waals surface area contributed by atoms with Crippen molar-refractivity contribution in [2.75, 3.05) is 0 Å². The molecule has 1 saturated carbocycles. The predicted molar refractivity (Wildman–Crippen MR) is 61.1 cm³/mol. The molecule has 0 saturated heterocycles. The number of alkyl halides is 4. The molecule has 1 aliphatic rings. The molecule has 1 aliphatic carbocycles. The van der Waals surface area contributed by atoms with E-state index < -0.39 is 35.8 Å². The number of nitrogens with zero attached hydrogens (tertiary/aromatic N) is 2. The molecule has 20 heavy (non-hydrogen) atoms. The number of halogens is 4. The molecule has 0 radical (unpaired) electrons. The van der Waals surface area contributed by atoms with Crippen LogP contribution in [0.15, 0.2) is 0 Å². The number of carboxylic acid groups (broad SMARTS) is 1. The number of carbonyl (C=O) groups is 1. The van der Waals surface area contributed by atoms with E-state index in [-0.39, 0.29) is 24.2 Å². The lowest BCUT2D eigenvalue weighted by Crippen LogP contribution is -2.14. The molecule has 112 valence electrons. The molecule has 2 unspecified atom stereocenters. The van der Waals surface area contributed by atoms with Gasteiger partial charge in [-0.15, -0.1) is 0 Å². The third-order valence-electron chi connectivity index (χ3n) is 3.52. The topological polar surface area (TPSA) is 55.1 Å². The van der Waals surface area contributed by atoms with Gasteiger partial charge in [0, 0.05) is 24.9 Å². The van der Waals surface area contributed by atoms with E-state index >= 15 is 0 Å². The Morgan fingerprint density at radius 2 is 2.15 bits per heavy atom. The Balaban J connectivity index is 2.31. The zero-order valence-electron chi connectivity index (χ0n) is 10.9. The van der Waals surface area contributed by atoms with Crippen LogP contribution >= 0.6 is 0 Å². The average Bonchev–Trinajstić information content (AvgIpc) is 2.94. The molecule has 0 bridgehead atoms. The second-order valence-corrected chi connectivity index (χ2v) is 5.19. The molecule has 1 aromatic heterocycles. The highest BCUT2D eigenvalue weighted by atomic mass is 19.3. The van der Waals surface area contributed by atoms with Crippen LogP contribution in [-0.4, -0.2) is 27.3 Å². The van der Waals surface area contributed by atoms with Crippen LogP contribution in [0.4, 0.5) is 17.6 Å². The van der Waals surface area contributed by atoms with Gasteiger partial charge < -0.3 is 5.11 Å². The monoisotopic (exact) mass is 294 g/mol. The fraction of sp³-hybridized carbons (Fsp3) is 0.667. The first-order valence-electron chi connectivity index (χ1n) is 6.10. The van der Waals surface area contributed by atoms with E-state index in [2.05, 4.69) is 5.10 Å². The maximum atomic E-state index is 13.3. The molecule has 1 N–H and O–H groups in total. The van der Waals surface area contributed by atoms with Crippen LogP contribution in [0, 0.1) is 18.8 Å². The number of carboxylic acids is 1. The fourth-order valence-electron chi connectivity index (χ4n) is 2.38. The smallest absolute Gasteiger partial charge is 0.354 e. The molecule has 0 aliphatic heterocycles. The molecular weight excluding hydrogens is 280 g/mol. The Bertz CT molecular complexity index is 536. The van der Waals surface area contributed by atoms with Gasteiger partial charge in [-0.3, -0.25) is 4.68 Å². The largest absolute Gasteiger partial charge is 0.477 e. The van der Waals surface area contributed by atoms with Gasteiger partial charge in [-0.05, 0) is 19.3 Å². The summed E-state index contributed by atoms with van der Waals surface area (Å²) in [6.07, 6.45) is -2.22. The van der Waals surface area contributed by atoms with Crippen molar-refractivity contribution in [2.24, 2.45) is 11.8 Å². The number of rotatable bonds is 5. The van der Waals surface area contributed by atoms with E-state index in [1.165, 1.54) is 6.92 Å². The molecule has 4 nitrogen and oxygen atoms in total. The first-order valence-corrected chi connectivity index (χ1v) is 6.10. The van der Waals surface area contributed by atoms with Gasteiger partial charge in [-0.1, -0.05) is 0 Å². The Kier molecular flexibility index (Phi) is 3.51. The minimum atomic E-state index is -3.27. The number of aromatic nitrogens is 2. The van der Waals surface area contributed by atoms with Gasteiger partial charge in [-0.2, -0.15) is 13.9 Å². The Labute approximate surface area is 112 Å². The molecular formula is C12H14F4N2O2. The van der Waals surface area contributed by atoms with E-state index in [0.717, 1.165) is 4.68 Å². The minimum absolute atomic E-state index is 0.0758. The Morgan fingerprint density at radius 3 is 2.55 bits per heavy atom. The lowest BCUT2D eigenvalue weighted by Gasteiger charge is -2.06. The van der Waals surface area contributed by atoms with Crippen molar-refractivity contribution in [1.82, 2.24) is 9.78 Å². The summed E-state index contributed by atoms with van der Waals surface area (Å²) in [5, 5.41) is 12.7. The highest BCUT2D eigenvalue weighted by molar-refractivity contribution is 5.87. The predicted octanol–water partition coefficient (Wildman–Crippen LogP) is 2.90. The summed E-state index contributed by atoms with van der Waals surface area (Å²) in [4.78, 5) is 11.1.